The number of hydrogen-bond acceptors (Lipinski definition) is 9. The molecule has 3 aromatic heterocycles. The summed E-state index contributed by atoms with van der Waals surface area (Å²) >= 11 is 6.23. The fraction of sp³-hybridized carbons (Fsp3) is 0.130. The average molecular weight is 478 g/mol. The van der Waals surface area contributed by atoms with Crippen molar-refractivity contribution in [3.8, 4) is 11.8 Å². The number of ether oxygens (including phenoxy) is 2. The molecule has 0 fully saturated rings. The third kappa shape index (κ3) is 5.93. The van der Waals surface area contributed by atoms with Gasteiger partial charge >= 0.3 is 6.01 Å². The van der Waals surface area contributed by atoms with E-state index >= 15 is 0 Å². The number of carbonyl (C=O) groups excluding carboxylic acids is 1. The molecule has 0 aliphatic rings. The first-order valence-electron chi connectivity index (χ1n) is 10.2. The maximum absolute atomic E-state index is 12.9. The highest BCUT2D eigenvalue weighted by atomic mass is 35.5. The van der Waals surface area contributed by atoms with Crippen molar-refractivity contribution >= 4 is 29.3 Å². The summed E-state index contributed by atoms with van der Waals surface area (Å²) in [5.74, 6) is 0.528. The summed E-state index contributed by atoms with van der Waals surface area (Å²) in [7, 11) is 1.55. The van der Waals surface area contributed by atoms with Gasteiger partial charge in [-0.05, 0) is 35.9 Å². The summed E-state index contributed by atoms with van der Waals surface area (Å²) in [6.45, 7) is 0.514. The van der Waals surface area contributed by atoms with E-state index in [1.165, 1.54) is 18.6 Å². The van der Waals surface area contributed by atoms with E-state index in [1.807, 2.05) is 24.3 Å². The third-order valence-corrected chi connectivity index (χ3v) is 4.85. The van der Waals surface area contributed by atoms with Crippen molar-refractivity contribution in [1.82, 2.24) is 24.9 Å². The normalized spacial score (nSPS) is 10.4. The summed E-state index contributed by atoms with van der Waals surface area (Å²) in [5.41, 5.74) is 1.77. The Morgan fingerprint density at radius 3 is 2.59 bits per heavy atom. The number of nitrogens with zero attached hydrogens (tertiary/aromatic N) is 5. The van der Waals surface area contributed by atoms with Gasteiger partial charge in [0.25, 0.3) is 5.91 Å². The number of pyridine rings is 1. The van der Waals surface area contributed by atoms with Gasteiger partial charge in [-0.15, -0.1) is 0 Å². The van der Waals surface area contributed by atoms with Gasteiger partial charge in [0.2, 0.25) is 5.95 Å². The number of benzene rings is 1. The van der Waals surface area contributed by atoms with Gasteiger partial charge in [0.1, 0.15) is 23.7 Å². The Kier molecular flexibility index (Phi) is 7.41. The van der Waals surface area contributed by atoms with Crippen LogP contribution in [0.2, 0.25) is 5.02 Å². The van der Waals surface area contributed by atoms with Crippen LogP contribution in [0.25, 0.3) is 0 Å². The Labute approximate surface area is 200 Å². The molecule has 0 radical (unpaired) electrons. The molecule has 0 unspecified atom stereocenters. The van der Waals surface area contributed by atoms with Crippen molar-refractivity contribution in [3.63, 3.8) is 0 Å². The molecule has 10 nitrogen and oxygen atoms in total. The number of methoxy groups -OCH3 is 1. The highest BCUT2D eigenvalue weighted by molar-refractivity contribution is 6.32. The lowest BCUT2D eigenvalue weighted by Crippen LogP contribution is -2.18. The predicted octanol–water partition coefficient (Wildman–Crippen LogP) is 3.77. The molecule has 4 rings (SSSR count). The molecule has 11 heteroatoms. The molecule has 3 heterocycles. The lowest BCUT2D eigenvalue weighted by molar-refractivity contribution is 0.102. The second kappa shape index (κ2) is 11.0. The van der Waals surface area contributed by atoms with Crippen molar-refractivity contribution in [1.29, 1.82) is 0 Å². The number of aromatic nitrogens is 5. The molecule has 34 heavy (non-hydrogen) atoms. The van der Waals surface area contributed by atoms with Crippen LogP contribution in [0.3, 0.4) is 0 Å². The molecular formula is C23H20ClN7O3. The SMILES string of the molecule is COc1ccc(CNc2nc(OCc3ccccn3)ncc2C(=O)Nc2ncccn2)cc1Cl. The first-order valence-corrected chi connectivity index (χ1v) is 10.5. The molecule has 172 valence electrons. The van der Waals surface area contributed by atoms with Crippen LogP contribution in [-0.2, 0) is 13.2 Å². The van der Waals surface area contributed by atoms with Gasteiger partial charge in [0.15, 0.2) is 0 Å². The van der Waals surface area contributed by atoms with Crippen molar-refractivity contribution in [2.45, 2.75) is 13.2 Å². The van der Waals surface area contributed by atoms with Gasteiger partial charge in [-0.2, -0.15) is 4.98 Å². The van der Waals surface area contributed by atoms with Crippen LogP contribution in [0.4, 0.5) is 11.8 Å². The molecule has 4 aromatic rings. The average Bonchev–Trinajstić information content (AvgIpc) is 2.87. The largest absolute Gasteiger partial charge is 0.495 e. The summed E-state index contributed by atoms with van der Waals surface area (Å²) in [4.78, 5) is 33.7. The molecule has 0 saturated heterocycles. The minimum Gasteiger partial charge on any atom is -0.495 e. The van der Waals surface area contributed by atoms with Crippen LogP contribution in [0.15, 0.2) is 67.3 Å². The first-order chi connectivity index (χ1) is 16.6. The van der Waals surface area contributed by atoms with Crippen LogP contribution >= 0.6 is 11.6 Å². The minimum absolute atomic E-state index is 0.0911. The number of anilines is 2. The molecule has 0 aliphatic carbocycles. The molecule has 0 aliphatic heterocycles. The standard InChI is InChI=1S/C23H20ClN7O3/c1-33-19-7-6-15(11-18(19)24)12-28-20-17(21(32)31-22-26-9-4-10-27-22)13-29-23(30-20)34-14-16-5-2-3-8-25-16/h2-11,13H,12,14H2,1H3,(H,28,29,30)(H,26,27,31,32). The molecular weight excluding hydrogens is 458 g/mol. The molecule has 0 atom stereocenters. The van der Waals surface area contributed by atoms with Gasteiger partial charge < -0.3 is 14.8 Å². The second-order valence-electron chi connectivity index (χ2n) is 6.87. The van der Waals surface area contributed by atoms with E-state index in [-0.39, 0.29) is 29.9 Å². The maximum atomic E-state index is 12.9. The fourth-order valence-electron chi connectivity index (χ4n) is 2.90. The quantitative estimate of drug-likeness (QED) is 0.370. The number of halogens is 1. The highest BCUT2D eigenvalue weighted by Gasteiger charge is 2.17. The zero-order valence-corrected chi connectivity index (χ0v) is 18.9. The second-order valence-corrected chi connectivity index (χ2v) is 7.28. The lowest BCUT2D eigenvalue weighted by Gasteiger charge is -2.13. The van der Waals surface area contributed by atoms with E-state index in [2.05, 4.69) is 35.6 Å². The van der Waals surface area contributed by atoms with Crippen molar-refractivity contribution < 1.29 is 14.3 Å². The Morgan fingerprint density at radius 1 is 1.03 bits per heavy atom. The maximum Gasteiger partial charge on any atom is 0.318 e. The number of carbonyl (C=O) groups is 1. The van der Waals surface area contributed by atoms with E-state index in [1.54, 1.807) is 31.5 Å². The Morgan fingerprint density at radius 2 is 1.85 bits per heavy atom. The topological polar surface area (TPSA) is 124 Å². The molecule has 1 aromatic carbocycles. The van der Waals surface area contributed by atoms with Crippen molar-refractivity contribution in [2.24, 2.45) is 0 Å². The summed E-state index contributed by atoms with van der Waals surface area (Å²) in [6, 6.07) is 12.6. The van der Waals surface area contributed by atoms with Gasteiger partial charge in [-0.3, -0.25) is 15.1 Å². The Hall–Kier alpha value is -4.31. The van der Waals surface area contributed by atoms with Crippen molar-refractivity contribution in [2.75, 3.05) is 17.7 Å². The van der Waals surface area contributed by atoms with Gasteiger partial charge in [-0.1, -0.05) is 23.7 Å². The minimum atomic E-state index is -0.474. The molecule has 2 N–H and O–H groups in total. The first kappa shape index (κ1) is 22.9. The smallest absolute Gasteiger partial charge is 0.318 e. The Bertz CT molecular complexity index is 1260. The predicted molar refractivity (Wildman–Crippen MR) is 126 cm³/mol. The zero-order chi connectivity index (χ0) is 23.8. The molecule has 1 amide bonds. The van der Waals surface area contributed by atoms with E-state index in [0.717, 1.165) is 11.3 Å². The fourth-order valence-corrected chi connectivity index (χ4v) is 3.18. The van der Waals surface area contributed by atoms with Gasteiger partial charge in [-0.25, -0.2) is 15.0 Å². The molecule has 0 spiro atoms. The summed E-state index contributed by atoms with van der Waals surface area (Å²) in [6.07, 6.45) is 6.11. The number of nitrogens with one attached hydrogen (secondary N) is 2. The van der Waals surface area contributed by atoms with E-state index in [0.29, 0.717) is 17.3 Å². The van der Waals surface area contributed by atoms with Crippen LogP contribution in [0.1, 0.15) is 21.6 Å². The van der Waals surface area contributed by atoms with Gasteiger partial charge in [0.05, 0.1) is 17.8 Å². The number of amides is 1. The summed E-state index contributed by atoms with van der Waals surface area (Å²) < 4.78 is 10.9. The van der Waals surface area contributed by atoms with Crippen LogP contribution < -0.4 is 20.1 Å². The van der Waals surface area contributed by atoms with E-state index in [4.69, 9.17) is 21.1 Å². The van der Waals surface area contributed by atoms with Gasteiger partial charge in [0, 0.05) is 31.3 Å². The summed E-state index contributed by atoms with van der Waals surface area (Å²) in [5, 5.41) is 6.26. The van der Waals surface area contributed by atoms with Crippen LogP contribution in [0, 0.1) is 0 Å². The number of hydrogen-bond donors (Lipinski definition) is 2. The molecule has 0 bridgehead atoms. The van der Waals surface area contributed by atoms with Crippen LogP contribution in [-0.4, -0.2) is 37.9 Å². The third-order valence-electron chi connectivity index (χ3n) is 4.55. The van der Waals surface area contributed by atoms with Crippen molar-refractivity contribution in [3.05, 3.63) is 89.1 Å². The number of rotatable bonds is 9. The van der Waals surface area contributed by atoms with E-state index in [9.17, 15) is 4.79 Å². The molecule has 0 saturated carbocycles. The highest BCUT2D eigenvalue weighted by Crippen LogP contribution is 2.26. The van der Waals surface area contributed by atoms with E-state index < -0.39 is 5.91 Å². The lowest BCUT2D eigenvalue weighted by atomic mass is 10.2. The zero-order valence-electron chi connectivity index (χ0n) is 18.1. The Balaban J connectivity index is 1.55. The monoisotopic (exact) mass is 477 g/mol. The van der Waals surface area contributed by atoms with Crippen LogP contribution in [0.5, 0.6) is 11.8 Å².